The molecule has 1 aliphatic rings. The zero-order valence-electron chi connectivity index (χ0n) is 11.3. The Labute approximate surface area is 114 Å². The van der Waals surface area contributed by atoms with E-state index in [4.69, 9.17) is 0 Å². The van der Waals surface area contributed by atoms with Crippen LogP contribution in [-0.4, -0.2) is 52.0 Å². The molecule has 0 spiro atoms. The Morgan fingerprint density at radius 3 is 2.85 bits per heavy atom. The number of nitrogens with one attached hydrogen (secondary N) is 1. The molecule has 2 heterocycles. The van der Waals surface area contributed by atoms with E-state index >= 15 is 0 Å². The summed E-state index contributed by atoms with van der Waals surface area (Å²) in [5.74, 6) is 0. The molecular weight excluding hydrogens is 266 g/mol. The lowest BCUT2D eigenvalue weighted by Crippen LogP contribution is -2.38. The number of rotatable bonds is 2. The van der Waals surface area contributed by atoms with Gasteiger partial charge in [0.15, 0.2) is 0 Å². The van der Waals surface area contributed by atoms with Gasteiger partial charge in [0.25, 0.3) is 5.56 Å². The van der Waals surface area contributed by atoms with Gasteiger partial charge in [-0.3, -0.25) is 14.3 Å². The number of aromatic amines is 1. The van der Waals surface area contributed by atoms with Gasteiger partial charge in [-0.2, -0.15) is 0 Å². The van der Waals surface area contributed by atoms with Gasteiger partial charge in [0.05, 0.1) is 25.8 Å². The van der Waals surface area contributed by atoms with Crippen molar-refractivity contribution in [3.8, 4) is 0 Å². The van der Waals surface area contributed by atoms with E-state index in [0.717, 1.165) is 0 Å². The molecule has 8 nitrogen and oxygen atoms in total. The standard InChI is InChI=1S/C12H17N3O5/c1-7-4-14(11(18)13-10(7)17)8-3-9(6-16)15(5-8)12(19)20-2/h4,8-9,16H,3,5-6H2,1-2H3,(H,13,17,18)/t8-,9-/m1/s1. The van der Waals surface area contributed by atoms with Crippen LogP contribution in [0.25, 0.3) is 0 Å². The van der Waals surface area contributed by atoms with Crippen LogP contribution in [-0.2, 0) is 4.74 Å². The van der Waals surface area contributed by atoms with Crippen LogP contribution in [0.1, 0.15) is 18.0 Å². The molecule has 2 rings (SSSR count). The Bertz CT molecular complexity index is 620. The zero-order valence-corrected chi connectivity index (χ0v) is 11.3. The number of likely N-dealkylation sites (tertiary alicyclic amines) is 1. The first-order valence-electron chi connectivity index (χ1n) is 6.25. The summed E-state index contributed by atoms with van der Waals surface area (Å²) in [7, 11) is 1.26. The fourth-order valence-electron chi connectivity index (χ4n) is 2.46. The second kappa shape index (κ2) is 5.49. The second-order valence-electron chi connectivity index (χ2n) is 4.83. The number of hydrogen-bond donors (Lipinski definition) is 2. The Balaban J connectivity index is 2.32. The van der Waals surface area contributed by atoms with Crippen LogP contribution in [0.15, 0.2) is 15.8 Å². The number of nitrogens with zero attached hydrogens (tertiary/aromatic N) is 2. The zero-order chi connectivity index (χ0) is 14.9. The maximum atomic E-state index is 11.8. The highest BCUT2D eigenvalue weighted by Gasteiger charge is 2.36. The van der Waals surface area contributed by atoms with Crippen molar-refractivity contribution in [3.05, 3.63) is 32.6 Å². The van der Waals surface area contributed by atoms with Gasteiger partial charge in [0, 0.05) is 18.3 Å². The fourth-order valence-corrected chi connectivity index (χ4v) is 2.46. The first-order chi connectivity index (χ1) is 9.47. The minimum atomic E-state index is -0.541. The number of H-pyrrole nitrogens is 1. The molecule has 1 saturated heterocycles. The molecule has 0 bridgehead atoms. The third-order valence-corrected chi connectivity index (χ3v) is 3.55. The average Bonchev–Trinajstić information content (AvgIpc) is 2.85. The predicted molar refractivity (Wildman–Crippen MR) is 69.7 cm³/mol. The summed E-state index contributed by atoms with van der Waals surface area (Å²) in [4.78, 5) is 38.4. The smallest absolute Gasteiger partial charge is 0.409 e. The van der Waals surface area contributed by atoms with E-state index in [1.165, 1.54) is 22.8 Å². The van der Waals surface area contributed by atoms with Crippen molar-refractivity contribution in [1.29, 1.82) is 0 Å². The van der Waals surface area contributed by atoms with Gasteiger partial charge in [0.1, 0.15) is 0 Å². The number of methoxy groups -OCH3 is 1. The lowest BCUT2D eigenvalue weighted by molar-refractivity contribution is 0.101. The Kier molecular flexibility index (Phi) is 3.93. The maximum absolute atomic E-state index is 11.8. The molecule has 0 saturated carbocycles. The first-order valence-corrected chi connectivity index (χ1v) is 6.25. The third kappa shape index (κ3) is 2.46. The molecule has 1 fully saturated rings. The molecule has 0 aliphatic carbocycles. The van der Waals surface area contributed by atoms with Gasteiger partial charge in [0.2, 0.25) is 0 Å². The fraction of sp³-hybridized carbons (Fsp3) is 0.583. The molecule has 0 radical (unpaired) electrons. The van der Waals surface area contributed by atoms with Crippen LogP contribution in [0.2, 0.25) is 0 Å². The van der Waals surface area contributed by atoms with Crippen LogP contribution >= 0.6 is 0 Å². The van der Waals surface area contributed by atoms with E-state index < -0.39 is 23.4 Å². The summed E-state index contributed by atoms with van der Waals surface area (Å²) >= 11 is 0. The van der Waals surface area contributed by atoms with E-state index in [9.17, 15) is 19.5 Å². The van der Waals surface area contributed by atoms with Crippen LogP contribution in [0.3, 0.4) is 0 Å². The topological polar surface area (TPSA) is 105 Å². The van der Waals surface area contributed by atoms with E-state index in [1.54, 1.807) is 6.92 Å². The summed E-state index contributed by atoms with van der Waals surface area (Å²) in [6.45, 7) is 1.65. The molecule has 20 heavy (non-hydrogen) atoms. The number of carbonyl (C=O) groups is 1. The van der Waals surface area contributed by atoms with Crippen molar-refractivity contribution in [2.24, 2.45) is 0 Å². The summed E-state index contributed by atoms with van der Waals surface area (Å²) in [5.41, 5.74) is -0.525. The van der Waals surface area contributed by atoms with Crippen LogP contribution in [0, 0.1) is 6.92 Å². The number of aromatic nitrogens is 2. The highest BCUT2D eigenvalue weighted by atomic mass is 16.5. The Hall–Kier alpha value is -2.09. The van der Waals surface area contributed by atoms with Crippen molar-refractivity contribution in [1.82, 2.24) is 14.5 Å². The summed E-state index contributed by atoms with van der Waals surface area (Å²) in [5, 5.41) is 9.32. The van der Waals surface area contributed by atoms with Gasteiger partial charge in [-0.15, -0.1) is 0 Å². The molecule has 110 valence electrons. The van der Waals surface area contributed by atoms with E-state index in [0.29, 0.717) is 12.0 Å². The summed E-state index contributed by atoms with van der Waals surface area (Å²) in [6.07, 6.45) is 1.36. The minimum Gasteiger partial charge on any atom is -0.453 e. The lowest BCUT2D eigenvalue weighted by Gasteiger charge is -2.20. The van der Waals surface area contributed by atoms with Crippen molar-refractivity contribution in [3.63, 3.8) is 0 Å². The van der Waals surface area contributed by atoms with Crippen LogP contribution in [0.4, 0.5) is 4.79 Å². The van der Waals surface area contributed by atoms with E-state index in [-0.39, 0.29) is 19.2 Å². The first kappa shape index (κ1) is 14.3. The number of aliphatic hydroxyl groups excluding tert-OH is 1. The largest absolute Gasteiger partial charge is 0.453 e. The van der Waals surface area contributed by atoms with Gasteiger partial charge in [-0.25, -0.2) is 9.59 Å². The number of hydrogen-bond acceptors (Lipinski definition) is 5. The number of carbonyl (C=O) groups excluding carboxylic acids is 1. The van der Waals surface area contributed by atoms with E-state index in [1.807, 2.05) is 0 Å². The normalized spacial score (nSPS) is 22.1. The summed E-state index contributed by atoms with van der Waals surface area (Å²) < 4.78 is 6.05. The third-order valence-electron chi connectivity index (χ3n) is 3.55. The molecule has 1 aliphatic heterocycles. The molecule has 0 aromatic carbocycles. The van der Waals surface area contributed by atoms with Gasteiger partial charge < -0.3 is 14.7 Å². The minimum absolute atomic E-state index is 0.206. The molecule has 2 atom stereocenters. The summed E-state index contributed by atoms with van der Waals surface area (Å²) in [6, 6.07) is -0.694. The second-order valence-corrected chi connectivity index (χ2v) is 4.83. The molecule has 2 N–H and O–H groups in total. The average molecular weight is 283 g/mol. The monoisotopic (exact) mass is 283 g/mol. The molecule has 1 amide bonds. The lowest BCUT2D eigenvalue weighted by atomic mass is 10.2. The van der Waals surface area contributed by atoms with Gasteiger partial charge >= 0.3 is 11.8 Å². The number of amides is 1. The van der Waals surface area contributed by atoms with Gasteiger partial charge in [-0.05, 0) is 13.3 Å². The highest BCUT2D eigenvalue weighted by Crippen LogP contribution is 2.26. The van der Waals surface area contributed by atoms with Gasteiger partial charge in [-0.1, -0.05) is 0 Å². The maximum Gasteiger partial charge on any atom is 0.409 e. The quantitative estimate of drug-likeness (QED) is 0.741. The number of aliphatic hydroxyl groups is 1. The predicted octanol–water partition coefficient (Wildman–Crippen LogP) is -0.781. The van der Waals surface area contributed by atoms with Crippen molar-refractivity contribution < 1.29 is 14.6 Å². The van der Waals surface area contributed by atoms with Crippen molar-refractivity contribution >= 4 is 6.09 Å². The Morgan fingerprint density at radius 1 is 1.55 bits per heavy atom. The molecule has 1 aromatic heterocycles. The molecule has 0 unspecified atom stereocenters. The number of aryl methyl sites for hydroxylation is 1. The molecule has 8 heteroatoms. The van der Waals surface area contributed by atoms with Crippen LogP contribution in [0.5, 0.6) is 0 Å². The van der Waals surface area contributed by atoms with E-state index in [2.05, 4.69) is 9.72 Å². The number of ether oxygens (including phenoxy) is 1. The SMILES string of the molecule is COC(=O)N1C[C@H](n2cc(C)c(=O)[nH]c2=O)C[C@@H]1CO. The molecule has 1 aromatic rings. The molecular formula is C12H17N3O5. The highest BCUT2D eigenvalue weighted by molar-refractivity contribution is 5.68. The van der Waals surface area contributed by atoms with Crippen molar-refractivity contribution in [2.75, 3.05) is 20.3 Å². The van der Waals surface area contributed by atoms with Crippen LogP contribution < -0.4 is 11.2 Å². The Morgan fingerprint density at radius 2 is 2.25 bits per heavy atom. The van der Waals surface area contributed by atoms with Crippen molar-refractivity contribution in [2.45, 2.75) is 25.4 Å².